The minimum absolute atomic E-state index is 0. The molecule has 7 heteroatoms. The number of rotatable bonds is 0. The van der Waals surface area contributed by atoms with E-state index in [9.17, 15) is 0 Å². The van der Waals surface area contributed by atoms with Gasteiger partial charge in [-0.15, -0.1) is 0 Å². The van der Waals surface area contributed by atoms with E-state index in [0.717, 1.165) is 4.47 Å². The quantitative estimate of drug-likeness (QED) is 0.483. The molecule has 0 saturated heterocycles. The minimum Gasteiger partial charge on any atom is -0.652 e. The summed E-state index contributed by atoms with van der Waals surface area (Å²) in [5.41, 5.74) is 0. The predicted molar refractivity (Wildman–Crippen MR) is 41.2 cm³/mol. The Kier molecular flexibility index (Phi) is 20.0. The van der Waals surface area contributed by atoms with Gasteiger partial charge in [0.05, 0.1) is 0 Å². The molecule has 66 valence electrons. The molecule has 0 saturated carbocycles. The fourth-order valence-electron chi connectivity index (χ4n) is 0.476. The number of aromatic hydroxyl groups is 1. The van der Waals surface area contributed by atoms with Gasteiger partial charge in [-0.2, -0.15) is 0 Å². The Bertz CT molecular complexity index is 248. The Labute approximate surface area is 175 Å². The Morgan fingerprint density at radius 3 is 1.93 bits per heavy atom. The molecule has 0 spiro atoms. The van der Waals surface area contributed by atoms with Gasteiger partial charge in [-0.1, -0.05) is 22.0 Å². The molecule has 4 nitrogen and oxygen atoms in total. The van der Waals surface area contributed by atoms with E-state index < -0.39 is 6.16 Å². The average Bonchev–Trinajstić information content (AvgIpc) is 1.84. The second-order valence-electron chi connectivity index (χ2n) is 1.73. The van der Waals surface area contributed by atoms with Gasteiger partial charge in [0.25, 0.3) is 0 Å². The molecule has 0 aromatic heterocycles. The molecule has 0 aliphatic heterocycles. The van der Waals surface area contributed by atoms with Crippen LogP contribution >= 0.6 is 15.9 Å². The summed E-state index contributed by atoms with van der Waals surface area (Å²) in [5, 5.41) is 25.4. The average molecular weight is 311 g/mol. The van der Waals surface area contributed by atoms with E-state index in [1.54, 1.807) is 18.2 Å². The zero-order valence-corrected chi connectivity index (χ0v) is 15.7. The van der Waals surface area contributed by atoms with Crippen LogP contribution in [0, 0.1) is 0 Å². The zero-order valence-electron chi connectivity index (χ0n) is 7.86. The van der Waals surface area contributed by atoms with Crippen LogP contribution < -0.4 is 113 Å². The van der Waals surface area contributed by atoms with Crippen LogP contribution in [0.1, 0.15) is 0 Å². The SMILES string of the molecule is O=C([O-])[O-].Oc1cccc(Br)c1.[K+].[K+]. The Balaban J connectivity index is -0.000000180. The van der Waals surface area contributed by atoms with Crippen LogP contribution in [0.4, 0.5) is 4.79 Å². The summed E-state index contributed by atoms with van der Waals surface area (Å²) in [7, 11) is 0. The number of carboxylic acid groups (broad SMARTS) is 2. The van der Waals surface area contributed by atoms with Gasteiger partial charge in [-0.3, -0.25) is 0 Å². The summed E-state index contributed by atoms with van der Waals surface area (Å²) in [6.45, 7) is 0. The number of phenols is 1. The van der Waals surface area contributed by atoms with Crippen LogP contribution in [-0.2, 0) is 0 Å². The molecule has 0 aliphatic rings. The fraction of sp³-hybridized carbons (Fsp3) is 0. The van der Waals surface area contributed by atoms with Gasteiger partial charge in [-0.25, -0.2) is 0 Å². The van der Waals surface area contributed by atoms with Gasteiger partial charge in [-0.05, 0) is 24.4 Å². The van der Waals surface area contributed by atoms with Crippen molar-refractivity contribution >= 4 is 22.1 Å². The number of carbonyl (C=O) groups excluding carboxylic acids is 1. The van der Waals surface area contributed by atoms with E-state index in [2.05, 4.69) is 15.9 Å². The van der Waals surface area contributed by atoms with Crippen molar-refractivity contribution < 1.29 is 123 Å². The van der Waals surface area contributed by atoms with Crippen LogP contribution in [0.3, 0.4) is 0 Å². The smallest absolute Gasteiger partial charge is 0.652 e. The number of benzene rings is 1. The third-order valence-electron chi connectivity index (χ3n) is 0.808. The summed E-state index contributed by atoms with van der Waals surface area (Å²) in [6, 6.07) is 6.91. The topological polar surface area (TPSA) is 83.4 Å². The molecule has 1 aromatic carbocycles. The molecular weight excluding hydrogens is 306 g/mol. The van der Waals surface area contributed by atoms with E-state index in [-0.39, 0.29) is 103 Å². The molecule has 0 fully saturated rings. The normalized spacial score (nSPS) is 6.93. The first kappa shape index (κ1) is 21.3. The van der Waals surface area contributed by atoms with Crippen molar-refractivity contribution in [2.75, 3.05) is 0 Å². The van der Waals surface area contributed by atoms with Crippen molar-refractivity contribution in [3.8, 4) is 5.75 Å². The summed E-state index contributed by atoms with van der Waals surface area (Å²) < 4.78 is 0.900. The first-order valence-corrected chi connectivity index (χ1v) is 3.64. The Morgan fingerprint density at radius 2 is 1.71 bits per heavy atom. The molecule has 0 atom stereocenters. The molecule has 1 rings (SSSR count). The fourth-order valence-corrected chi connectivity index (χ4v) is 0.863. The van der Waals surface area contributed by atoms with Crippen LogP contribution in [0.15, 0.2) is 28.7 Å². The maximum atomic E-state index is 8.78. The Morgan fingerprint density at radius 1 is 1.29 bits per heavy atom. The molecule has 0 bridgehead atoms. The van der Waals surface area contributed by atoms with Crippen molar-refractivity contribution in [1.29, 1.82) is 0 Å². The van der Waals surface area contributed by atoms with E-state index in [1.165, 1.54) is 0 Å². The van der Waals surface area contributed by atoms with E-state index in [0.29, 0.717) is 5.75 Å². The summed E-state index contributed by atoms with van der Waals surface area (Å²) in [4.78, 5) is 8.33. The predicted octanol–water partition coefficient (Wildman–Crippen LogP) is -6.28. The standard InChI is InChI=1S/C6H5BrO.CH2O3.2K/c7-5-2-1-3-6(8)4-5;2-1(3)4;;/h1-4,8H;(H2,2,3,4);;/q;;2*+1/p-2. The first-order valence-electron chi connectivity index (χ1n) is 2.85. The van der Waals surface area contributed by atoms with Crippen LogP contribution in [0.2, 0.25) is 0 Å². The molecule has 0 radical (unpaired) electrons. The van der Waals surface area contributed by atoms with E-state index in [4.69, 9.17) is 20.1 Å². The van der Waals surface area contributed by atoms with Crippen LogP contribution in [-0.4, -0.2) is 11.3 Å². The summed E-state index contributed by atoms with van der Waals surface area (Å²) in [5.74, 6) is 0.291. The number of hydrogen-bond acceptors (Lipinski definition) is 4. The van der Waals surface area contributed by atoms with Crippen molar-refractivity contribution in [1.82, 2.24) is 0 Å². The van der Waals surface area contributed by atoms with Gasteiger partial charge >= 0.3 is 103 Å². The monoisotopic (exact) mass is 310 g/mol. The molecule has 0 amide bonds. The first-order chi connectivity index (χ1) is 5.52. The molecule has 0 unspecified atom stereocenters. The van der Waals surface area contributed by atoms with E-state index in [1.807, 2.05) is 6.07 Å². The number of hydrogen-bond donors (Lipinski definition) is 1. The second kappa shape index (κ2) is 13.1. The molecule has 1 N–H and O–H groups in total. The van der Waals surface area contributed by atoms with Gasteiger partial charge < -0.3 is 20.1 Å². The third kappa shape index (κ3) is 16.5. The summed E-state index contributed by atoms with van der Waals surface area (Å²) in [6.07, 6.45) is -2.33. The summed E-state index contributed by atoms with van der Waals surface area (Å²) >= 11 is 3.20. The van der Waals surface area contributed by atoms with Crippen molar-refractivity contribution in [2.24, 2.45) is 0 Å². The van der Waals surface area contributed by atoms with Gasteiger partial charge in [0.2, 0.25) is 0 Å². The van der Waals surface area contributed by atoms with Gasteiger partial charge in [0.15, 0.2) is 0 Å². The maximum Gasteiger partial charge on any atom is 1.00 e. The van der Waals surface area contributed by atoms with Crippen LogP contribution in [0.5, 0.6) is 5.75 Å². The van der Waals surface area contributed by atoms with Crippen molar-refractivity contribution in [2.45, 2.75) is 0 Å². The van der Waals surface area contributed by atoms with Gasteiger partial charge in [0, 0.05) is 4.47 Å². The minimum atomic E-state index is -2.33. The van der Waals surface area contributed by atoms with Crippen molar-refractivity contribution in [3.63, 3.8) is 0 Å². The Hall–Kier alpha value is 2.04. The van der Waals surface area contributed by atoms with Gasteiger partial charge in [0.1, 0.15) is 5.75 Å². The molecule has 1 aromatic rings. The number of phenolic OH excluding ortho intramolecular Hbond substituents is 1. The van der Waals surface area contributed by atoms with Crippen LogP contribution in [0.25, 0.3) is 0 Å². The number of halogens is 1. The molecule has 0 heterocycles. The molecule has 0 aliphatic carbocycles. The maximum absolute atomic E-state index is 8.78. The largest absolute Gasteiger partial charge is 1.00 e. The second-order valence-corrected chi connectivity index (χ2v) is 2.65. The van der Waals surface area contributed by atoms with Crippen molar-refractivity contribution in [3.05, 3.63) is 28.7 Å². The third-order valence-corrected chi connectivity index (χ3v) is 1.30. The molecular formula is C7H5BrK2O4. The van der Waals surface area contributed by atoms with E-state index >= 15 is 0 Å². The zero-order chi connectivity index (χ0) is 9.56. The number of carbonyl (C=O) groups is 1. The molecule has 14 heavy (non-hydrogen) atoms.